The molecule has 1 heterocycles. The number of nitrogens with zero attached hydrogens (tertiary/aromatic N) is 3. The van der Waals surface area contributed by atoms with E-state index in [0.717, 1.165) is 30.2 Å². The van der Waals surface area contributed by atoms with Crippen molar-refractivity contribution < 1.29 is 4.52 Å². The predicted molar refractivity (Wildman–Crippen MR) is 97.2 cm³/mol. The summed E-state index contributed by atoms with van der Waals surface area (Å²) < 4.78 is 5.27. The molecule has 0 aromatic carbocycles. The molecule has 2 unspecified atom stereocenters. The Morgan fingerprint density at radius 1 is 1.25 bits per heavy atom. The molecule has 6 heteroatoms. The van der Waals surface area contributed by atoms with Gasteiger partial charge in [-0.05, 0) is 38.0 Å². The van der Waals surface area contributed by atoms with Crippen molar-refractivity contribution in [3.05, 3.63) is 11.7 Å². The maximum absolute atomic E-state index is 5.27. The minimum Gasteiger partial charge on any atom is -0.357 e. The fourth-order valence-electron chi connectivity index (χ4n) is 3.45. The van der Waals surface area contributed by atoms with E-state index in [1.165, 1.54) is 19.3 Å². The molecule has 136 valence electrons. The zero-order valence-corrected chi connectivity index (χ0v) is 15.8. The van der Waals surface area contributed by atoms with Crippen molar-refractivity contribution >= 4 is 5.96 Å². The van der Waals surface area contributed by atoms with E-state index in [4.69, 9.17) is 4.52 Å². The largest absolute Gasteiger partial charge is 0.357 e. The van der Waals surface area contributed by atoms with E-state index >= 15 is 0 Å². The van der Waals surface area contributed by atoms with Gasteiger partial charge >= 0.3 is 0 Å². The molecule has 1 aromatic rings. The summed E-state index contributed by atoms with van der Waals surface area (Å²) in [5.41, 5.74) is 0. The topological polar surface area (TPSA) is 75.3 Å². The van der Waals surface area contributed by atoms with Crippen LogP contribution in [-0.2, 0) is 6.42 Å². The van der Waals surface area contributed by atoms with Gasteiger partial charge in [-0.25, -0.2) is 0 Å². The number of guanidine groups is 1. The molecule has 24 heavy (non-hydrogen) atoms. The number of rotatable bonds is 6. The van der Waals surface area contributed by atoms with Crippen LogP contribution in [0, 0.1) is 11.8 Å². The summed E-state index contributed by atoms with van der Waals surface area (Å²) in [7, 11) is 0. The minimum atomic E-state index is 0.292. The molecular weight excluding hydrogens is 302 g/mol. The monoisotopic (exact) mass is 335 g/mol. The van der Waals surface area contributed by atoms with Gasteiger partial charge in [-0.15, -0.1) is 0 Å². The molecule has 0 amide bonds. The summed E-state index contributed by atoms with van der Waals surface area (Å²) in [6, 6.07) is 0.512. The van der Waals surface area contributed by atoms with Crippen LogP contribution < -0.4 is 10.6 Å². The first-order chi connectivity index (χ1) is 11.5. The second kappa shape index (κ2) is 9.04. The van der Waals surface area contributed by atoms with E-state index < -0.39 is 0 Å². The second-order valence-corrected chi connectivity index (χ2v) is 7.47. The van der Waals surface area contributed by atoms with Gasteiger partial charge in [-0.1, -0.05) is 32.9 Å². The van der Waals surface area contributed by atoms with E-state index in [2.05, 4.69) is 60.4 Å². The van der Waals surface area contributed by atoms with Crippen LogP contribution in [0.4, 0.5) is 0 Å². The lowest BCUT2D eigenvalue weighted by Crippen LogP contribution is -2.46. The smallest absolute Gasteiger partial charge is 0.228 e. The summed E-state index contributed by atoms with van der Waals surface area (Å²) >= 11 is 0. The van der Waals surface area contributed by atoms with Crippen molar-refractivity contribution in [2.24, 2.45) is 16.8 Å². The first-order valence-electron chi connectivity index (χ1n) is 9.35. The zero-order valence-electron chi connectivity index (χ0n) is 15.8. The average Bonchev–Trinajstić information content (AvgIpc) is 2.95. The first kappa shape index (κ1) is 18.7. The third-order valence-corrected chi connectivity index (χ3v) is 4.46. The number of nitrogens with one attached hydrogen (secondary N) is 2. The number of hydrogen-bond acceptors (Lipinski definition) is 4. The summed E-state index contributed by atoms with van der Waals surface area (Å²) in [5.74, 6) is 4.18. The molecule has 2 N–H and O–H groups in total. The average molecular weight is 335 g/mol. The first-order valence-corrected chi connectivity index (χ1v) is 9.35. The van der Waals surface area contributed by atoms with E-state index in [-0.39, 0.29) is 0 Å². The Kier molecular flexibility index (Phi) is 7.06. The minimum absolute atomic E-state index is 0.292. The standard InChI is InChI=1S/C18H33N5O/c1-6-19-18(21-15-10-13(4)9-14(5)11-15)20-8-7-16-22-17(12(2)3)23-24-16/h12-15H,6-11H2,1-5H3,(H2,19,20,21). The quantitative estimate of drug-likeness (QED) is 0.617. The summed E-state index contributed by atoms with van der Waals surface area (Å²) in [5, 5.41) is 10.9. The van der Waals surface area contributed by atoms with E-state index in [1.807, 2.05) is 0 Å². The van der Waals surface area contributed by atoms with Crippen LogP contribution in [0.5, 0.6) is 0 Å². The number of aliphatic imine (C=N–C) groups is 1. The van der Waals surface area contributed by atoms with E-state index in [1.54, 1.807) is 0 Å². The molecule has 0 radical (unpaired) electrons. The SMILES string of the molecule is CCNC(=NCCc1nc(C(C)C)no1)NC1CC(C)CC(C)C1. The predicted octanol–water partition coefficient (Wildman–Crippen LogP) is 3.12. The molecule has 2 atom stereocenters. The van der Waals surface area contributed by atoms with Gasteiger partial charge in [0, 0.05) is 24.9 Å². The van der Waals surface area contributed by atoms with Gasteiger partial charge in [0.15, 0.2) is 11.8 Å². The van der Waals surface area contributed by atoms with Crippen LogP contribution in [0.25, 0.3) is 0 Å². The van der Waals surface area contributed by atoms with Gasteiger partial charge < -0.3 is 15.2 Å². The van der Waals surface area contributed by atoms with Crippen LogP contribution in [0.1, 0.15) is 71.5 Å². The Balaban J connectivity index is 1.87. The van der Waals surface area contributed by atoms with Crippen LogP contribution in [0.2, 0.25) is 0 Å². The maximum atomic E-state index is 5.27. The lowest BCUT2D eigenvalue weighted by atomic mass is 9.80. The number of hydrogen-bond donors (Lipinski definition) is 2. The second-order valence-electron chi connectivity index (χ2n) is 7.47. The Morgan fingerprint density at radius 3 is 2.54 bits per heavy atom. The fraction of sp³-hybridized carbons (Fsp3) is 0.833. The maximum Gasteiger partial charge on any atom is 0.228 e. The Labute approximate surface area is 145 Å². The van der Waals surface area contributed by atoms with Crippen molar-refractivity contribution in [3.8, 4) is 0 Å². The van der Waals surface area contributed by atoms with Crippen molar-refractivity contribution in [1.82, 2.24) is 20.8 Å². The molecule has 0 bridgehead atoms. The highest BCUT2D eigenvalue weighted by Crippen LogP contribution is 2.28. The van der Waals surface area contributed by atoms with E-state index in [9.17, 15) is 0 Å². The summed E-state index contributed by atoms with van der Waals surface area (Å²) in [4.78, 5) is 9.07. The summed E-state index contributed by atoms with van der Waals surface area (Å²) in [6.45, 7) is 12.4. The van der Waals surface area contributed by atoms with Gasteiger partial charge in [-0.3, -0.25) is 4.99 Å². The fourth-order valence-corrected chi connectivity index (χ4v) is 3.45. The third-order valence-electron chi connectivity index (χ3n) is 4.46. The van der Waals surface area contributed by atoms with Crippen molar-refractivity contribution in [1.29, 1.82) is 0 Å². The lowest BCUT2D eigenvalue weighted by molar-refractivity contribution is 0.255. The third kappa shape index (κ3) is 5.80. The normalized spacial score (nSPS) is 25.1. The molecule has 1 aromatic heterocycles. The van der Waals surface area contributed by atoms with Crippen LogP contribution in [-0.4, -0.2) is 35.2 Å². The molecule has 1 fully saturated rings. The van der Waals surface area contributed by atoms with Crippen molar-refractivity contribution in [3.63, 3.8) is 0 Å². The van der Waals surface area contributed by atoms with Crippen LogP contribution >= 0.6 is 0 Å². The van der Waals surface area contributed by atoms with Gasteiger partial charge in [0.1, 0.15) is 0 Å². The molecule has 6 nitrogen and oxygen atoms in total. The highest BCUT2D eigenvalue weighted by Gasteiger charge is 2.24. The van der Waals surface area contributed by atoms with E-state index in [0.29, 0.717) is 30.8 Å². The van der Waals surface area contributed by atoms with Crippen molar-refractivity contribution in [2.45, 2.75) is 72.3 Å². The molecule has 1 saturated carbocycles. The molecule has 0 aliphatic heterocycles. The number of aromatic nitrogens is 2. The van der Waals surface area contributed by atoms with Gasteiger partial charge in [0.2, 0.25) is 5.89 Å². The van der Waals surface area contributed by atoms with Crippen LogP contribution in [0.15, 0.2) is 9.52 Å². The highest BCUT2D eigenvalue weighted by molar-refractivity contribution is 5.80. The molecule has 1 aliphatic rings. The summed E-state index contributed by atoms with van der Waals surface area (Å²) in [6.07, 6.45) is 4.45. The van der Waals surface area contributed by atoms with Crippen LogP contribution in [0.3, 0.4) is 0 Å². The molecule has 0 spiro atoms. The zero-order chi connectivity index (χ0) is 17.5. The van der Waals surface area contributed by atoms with Gasteiger partial charge in [0.05, 0.1) is 6.54 Å². The Hall–Kier alpha value is -1.59. The molecular formula is C18H33N5O. The molecule has 1 aliphatic carbocycles. The Morgan fingerprint density at radius 2 is 1.96 bits per heavy atom. The lowest BCUT2D eigenvalue weighted by Gasteiger charge is -2.32. The van der Waals surface area contributed by atoms with Crippen molar-refractivity contribution in [2.75, 3.05) is 13.1 Å². The molecule has 2 rings (SSSR count). The Bertz CT molecular complexity index is 515. The van der Waals surface area contributed by atoms with Gasteiger partial charge in [-0.2, -0.15) is 4.98 Å². The molecule has 0 saturated heterocycles. The van der Waals surface area contributed by atoms with Gasteiger partial charge in [0.25, 0.3) is 0 Å². The highest BCUT2D eigenvalue weighted by atomic mass is 16.5.